The van der Waals surface area contributed by atoms with Gasteiger partial charge in [-0.3, -0.25) is 0 Å². The van der Waals surface area contributed by atoms with E-state index in [9.17, 15) is 0 Å². The fourth-order valence-corrected chi connectivity index (χ4v) is 2.91. The normalized spacial score (nSPS) is 10.9. The zero-order valence-electron chi connectivity index (χ0n) is 10.5. The van der Waals surface area contributed by atoms with Crippen molar-refractivity contribution in [3.05, 3.63) is 63.0 Å². The lowest BCUT2D eigenvalue weighted by Crippen LogP contribution is -2.04. The molecule has 3 aromatic rings. The minimum absolute atomic E-state index is 0.446. The molecule has 1 aromatic heterocycles. The Morgan fingerprint density at radius 3 is 2.52 bits per heavy atom. The Morgan fingerprint density at radius 2 is 1.76 bits per heavy atom. The summed E-state index contributed by atoms with van der Waals surface area (Å²) in [7, 11) is 0. The molecular weight excluding hydrogens is 394 g/mol. The summed E-state index contributed by atoms with van der Waals surface area (Å²) in [6.07, 6.45) is 0. The number of hydrogen-bond donors (Lipinski definition) is 0. The van der Waals surface area contributed by atoms with E-state index >= 15 is 0 Å². The molecule has 3 rings (SSSR count). The van der Waals surface area contributed by atoms with Gasteiger partial charge < -0.3 is 0 Å². The van der Waals surface area contributed by atoms with Crippen molar-refractivity contribution < 1.29 is 0 Å². The Morgan fingerprint density at radius 1 is 0.952 bits per heavy atom. The zero-order valence-corrected chi connectivity index (χ0v) is 14.4. The number of halogens is 4. The van der Waals surface area contributed by atoms with Gasteiger partial charge in [-0.2, -0.15) is 0 Å². The summed E-state index contributed by atoms with van der Waals surface area (Å²) in [5.41, 5.74) is 1.55. The van der Waals surface area contributed by atoms with E-state index in [4.69, 9.17) is 35.0 Å². The average Bonchev–Trinajstić information content (AvgIpc) is 2.49. The van der Waals surface area contributed by atoms with Crippen LogP contribution < -0.4 is 4.42 Å². The summed E-state index contributed by atoms with van der Waals surface area (Å²) in [6, 6.07) is 14.9. The molecule has 0 atom stereocenters. The van der Waals surface area contributed by atoms with Gasteiger partial charge in [0.05, 0.1) is 21.2 Å². The topological polar surface area (TPSA) is 16.1 Å². The van der Waals surface area contributed by atoms with Crippen LogP contribution in [0, 0.1) is 0 Å². The minimum Gasteiger partial charge on any atom is -0.236 e. The highest BCUT2D eigenvalue weighted by Gasteiger charge is 2.11. The average molecular weight is 403 g/mol. The number of pyridine rings is 1. The number of hydrogen-bond acceptors (Lipinski definition) is 2. The van der Waals surface area contributed by atoms with Gasteiger partial charge in [0, 0.05) is 21.6 Å². The standard InChI is InChI=1S/C15H8BrCl3N2/c16-11-3-1-2-9-4-7-14(20-15(9)11)21(19)10-5-6-12(17)13(18)8-10/h1-8H. The van der Waals surface area contributed by atoms with Crippen molar-refractivity contribution >= 4 is 73.3 Å². The number of fused-ring (bicyclic) bond motifs is 1. The van der Waals surface area contributed by atoms with Crippen molar-refractivity contribution in [3.63, 3.8) is 0 Å². The Hall–Kier alpha value is -1.00. The minimum atomic E-state index is 0.446. The first-order valence-electron chi connectivity index (χ1n) is 6.02. The maximum atomic E-state index is 6.36. The maximum Gasteiger partial charge on any atom is 0.148 e. The van der Waals surface area contributed by atoms with E-state index in [2.05, 4.69) is 20.9 Å². The van der Waals surface area contributed by atoms with Crippen LogP contribution in [0.25, 0.3) is 10.9 Å². The van der Waals surface area contributed by atoms with Crippen LogP contribution in [0.2, 0.25) is 10.0 Å². The first-order valence-corrected chi connectivity index (χ1v) is 7.91. The lowest BCUT2D eigenvalue weighted by Gasteiger charge is -2.16. The summed E-state index contributed by atoms with van der Waals surface area (Å²) >= 11 is 21.8. The molecule has 0 amide bonds. The van der Waals surface area contributed by atoms with E-state index in [-0.39, 0.29) is 0 Å². The fourth-order valence-electron chi connectivity index (χ4n) is 1.95. The van der Waals surface area contributed by atoms with Gasteiger partial charge in [-0.15, -0.1) is 0 Å². The van der Waals surface area contributed by atoms with Crippen LogP contribution in [0.15, 0.2) is 53.0 Å². The molecule has 0 aliphatic rings. The molecule has 0 unspecified atom stereocenters. The fraction of sp³-hybridized carbons (Fsp3) is 0. The van der Waals surface area contributed by atoms with Crippen LogP contribution in [0.5, 0.6) is 0 Å². The van der Waals surface area contributed by atoms with Crippen molar-refractivity contribution in [3.8, 4) is 0 Å². The molecule has 0 saturated carbocycles. The van der Waals surface area contributed by atoms with E-state index in [0.29, 0.717) is 21.6 Å². The van der Waals surface area contributed by atoms with Crippen molar-refractivity contribution in [1.29, 1.82) is 0 Å². The van der Waals surface area contributed by atoms with Crippen LogP contribution in [-0.2, 0) is 0 Å². The molecule has 0 spiro atoms. The molecule has 0 N–H and O–H groups in total. The molecule has 0 saturated heterocycles. The second-order valence-corrected chi connectivity index (χ2v) is 6.37. The van der Waals surface area contributed by atoms with Crippen molar-refractivity contribution in [2.24, 2.45) is 0 Å². The zero-order chi connectivity index (χ0) is 15.0. The molecule has 6 heteroatoms. The van der Waals surface area contributed by atoms with E-state index < -0.39 is 0 Å². The van der Waals surface area contributed by atoms with E-state index in [0.717, 1.165) is 15.4 Å². The van der Waals surface area contributed by atoms with Crippen LogP contribution in [0.3, 0.4) is 0 Å². The van der Waals surface area contributed by atoms with Crippen molar-refractivity contribution in [1.82, 2.24) is 4.98 Å². The van der Waals surface area contributed by atoms with Gasteiger partial charge in [0.25, 0.3) is 0 Å². The smallest absolute Gasteiger partial charge is 0.148 e. The lowest BCUT2D eigenvalue weighted by molar-refractivity contribution is 1.29. The first kappa shape index (κ1) is 14.9. The first-order chi connectivity index (χ1) is 10.1. The Labute approximate surface area is 145 Å². The molecule has 2 nitrogen and oxygen atoms in total. The Balaban J connectivity index is 2.06. The maximum absolute atomic E-state index is 6.36. The van der Waals surface area contributed by atoms with Crippen LogP contribution in [0.4, 0.5) is 11.5 Å². The number of anilines is 2. The van der Waals surface area contributed by atoms with Gasteiger partial charge in [-0.05, 0) is 52.3 Å². The van der Waals surface area contributed by atoms with Gasteiger partial charge in [0.15, 0.2) is 0 Å². The molecule has 0 bridgehead atoms. The Bertz CT molecular complexity index is 823. The molecule has 0 aliphatic carbocycles. The Kier molecular flexibility index (Phi) is 4.27. The highest BCUT2D eigenvalue weighted by atomic mass is 79.9. The highest BCUT2D eigenvalue weighted by molar-refractivity contribution is 9.10. The number of benzene rings is 2. The highest BCUT2D eigenvalue weighted by Crippen LogP contribution is 2.33. The van der Waals surface area contributed by atoms with E-state index in [1.807, 2.05) is 30.3 Å². The summed E-state index contributed by atoms with van der Waals surface area (Å²) < 4.78 is 2.36. The van der Waals surface area contributed by atoms with E-state index in [1.165, 1.54) is 4.42 Å². The van der Waals surface area contributed by atoms with Gasteiger partial charge in [0.2, 0.25) is 0 Å². The summed E-state index contributed by atoms with van der Waals surface area (Å²) in [5, 5.41) is 1.97. The molecule has 0 radical (unpaired) electrons. The summed E-state index contributed by atoms with van der Waals surface area (Å²) in [5.74, 6) is 0.606. The number of nitrogens with zero attached hydrogens (tertiary/aromatic N) is 2. The molecule has 0 aliphatic heterocycles. The van der Waals surface area contributed by atoms with Crippen LogP contribution in [-0.4, -0.2) is 4.98 Å². The molecule has 2 aromatic carbocycles. The predicted molar refractivity (Wildman–Crippen MR) is 93.9 cm³/mol. The largest absolute Gasteiger partial charge is 0.236 e. The molecular formula is C15H8BrCl3N2. The second-order valence-electron chi connectivity index (χ2n) is 4.36. The molecule has 21 heavy (non-hydrogen) atoms. The third-order valence-corrected chi connectivity index (χ3v) is 4.73. The molecule has 106 valence electrons. The quantitative estimate of drug-likeness (QED) is 0.449. The van der Waals surface area contributed by atoms with Crippen LogP contribution in [0.1, 0.15) is 0 Å². The predicted octanol–water partition coefficient (Wildman–Crippen LogP) is 6.60. The van der Waals surface area contributed by atoms with E-state index in [1.54, 1.807) is 18.2 Å². The molecule has 1 heterocycles. The monoisotopic (exact) mass is 400 g/mol. The van der Waals surface area contributed by atoms with Gasteiger partial charge in [-0.25, -0.2) is 9.40 Å². The number of aromatic nitrogens is 1. The third kappa shape index (κ3) is 2.97. The van der Waals surface area contributed by atoms with Crippen LogP contribution >= 0.6 is 50.9 Å². The summed E-state index contributed by atoms with van der Waals surface area (Å²) in [6.45, 7) is 0. The number of rotatable bonds is 2. The summed E-state index contributed by atoms with van der Waals surface area (Å²) in [4.78, 5) is 4.57. The van der Waals surface area contributed by atoms with Crippen molar-refractivity contribution in [2.75, 3.05) is 4.42 Å². The van der Waals surface area contributed by atoms with Gasteiger partial charge in [-0.1, -0.05) is 35.3 Å². The SMILES string of the molecule is Clc1ccc(N(Cl)c2ccc3cccc(Br)c3n2)cc1Cl. The van der Waals surface area contributed by atoms with Gasteiger partial charge in [0.1, 0.15) is 5.82 Å². The third-order valence-electron chi connectivity index (χ3n) is 2.99. The number of para-hydroxylation sites is 1. The van der Waals surface area contributed by atoms with Crippen molar-refractivity contribution in [2.45, 2.75) is 0 Å². The van der Waals surface area contributed by atoms with Gasteiger partial charge >= 0.3 is 0 Å². The second kappa shape index (κ2) is 6.01. The molecule has 0 fully saturated rings. The lowest BCUT2D eigenvalue weighted by atomic mass is 10.2.